The van der Waals surface area contributed by atoms with Crippen molar-refractivity contribution in [3.63, 3.8) is 0 Å². The molecule has 0 radical (unpaired) electrons. The van der Waals surface area contributed by atoms with Gasteiger partial charge in [-0.05, 0) is 37.5 Å². The number of ether oxygens (including phenoxy) is 1. The Bertz CT molecular complexity index is 595. The van der Waals surface area contributed by atoms with Crippen molar-refractivity contribution in [2.75, 3.05) is 0 Å². The zero-order chi connectivity index (χ0) is 13.2. The third-order valence-electron chi connectivity index (χ3n) is 3.29. The van der Waals surface area contributed by atoms with E-state index in [1.165, 1.54) is 18.4 Å². The van der Waals surface area contributed by atoms with Gasteiger partial charge in [0.2, 0.25) is 0 Å². The van der Waals surface area contributed by atoms with Gasteiger partial charge in [-0.2, -0.15) is 0 Å². The molecule has 3 rings (SSSR count). The number of halogens is 2. The summed E-state index contributed by atoms with van der Waals surface area (Å²) in [7, 11) is 0. The summed E-state index contributed by atoms with van der Waals surface area (Å²) < 4.78 is 11.0. The van der Waals surface area contributed by atoms with Crippen LogP contribution >= 0.6 is 23.2 Å². The van der Waals surface area contributed by atoms with E-state index in [9.17, 15) is 0 Å². The molecule has 0 bridgehead atoms. The molecule has 0 N–H and O–H groups in total. The highest BCUT2D eigenvalue weighted by Gasteiger charge is 2.19. The van der Waals surface area contributed by atoms with Gasteiger partial charge in [-0.1, -0.05) is 28.4 Å². The normalized spacial score (nSPS) is 14.2. The van der Waals surface area contributed by atoms with Gasteiger partial charge in [-0.15, -0.1) is 0 Å². The summed E-state index contributed by atoms with van der Waals surface area (Å²) in [5.41, 5.74) is 2.08. The van der Waals surface area contributed by atoms with Gasteiger partial charge in [0.05, 0.1) is 5.02 Å². The lowest BCUT2D eigenvalue weighted by Crippen LogP contribution is -2.04. The van der Waals surface area contributed by atoms with Crippen LogP contribution in [-0.2, 0) is 19.4 Å². The lowest BCUT2D eigenvalue weighted by molar-refractivity contribution is 0.287. The van der Waals surface area contributed by atoms with Crippen LogP contribution in [0.3, 0.4) is 0 Å². The number of hydrogen-bond donors (Lipinski definition) is 0. The Kier molecular flexibility index (Phi) is 3.67. The van der Waals surface area contributed by atoms with Crippen molar-refractivity contribution in [1.29, 1.82) is 0 Å². The van der Waals surface area contributed by atoms with Crippen LogP contribution in [0.15, 0.2) is 22.7 Å². The van der Waals surface area contributed by atoms with Crippen LogP contribution in [0.4, 0.5) is 0 Å². The van der Waals surface area contributed by atoms with Gasteiger partial charge < -0.3 is 9.26 Å². The van der Waals surface area contributed by atoms with E-state index in [0.29, 0.717) is 22.4 Å². The van der Waals surface area contributed by atoms with E-state index in [1.54, 1.807) is 18.2 Å². The van der Waals surface area contributed by atoms with Crippen LogP contribution < -0.4 is 4.74 Å². The molecule has 0 amide bonds. The molecule has 1 heterocycles. The SMILES string of the molecule is Clc1ccc(OCc2noc3c2CCCC3)c(Cl)c1. The highest BCUT2D eigenvalue weighted by Crippen LogP contribution is 2.29. The molecule has 0 fully saturated rings. The molecule has 3 nitrogen and oxygen atoms in total. The maximum atomic E-state index is 6.06. The van der Waals surface area contributed by atoms with Gasteiger partial charge in [0.1, 0.15) is 23.8 Å². The first-order valence-electron chi connectivity index (χ1n) is 6.28. The smallest absolute Gasteiger partial charge is 0.140 e. The van der Waals surface area contributed by atoms with E-state index in [-0.39, 0.29) is 0 Å². The number of aromatic nitrogens is 1. The van der Waals surface area contributed by atoms with E-state index < -0.39 is 0 Å². The fourth-order valence-corrected chi connectivity index (χ4v) is 2.76. The third kappa shape index (κ3) is 2.72. The fraction of sp³-hybridized carbons (Fsp3) is 0.357. The van der Waals surface area contributed by atoms with Crippen LogP contribution in [0.5, 0.6) is 5.75 Å². The summed E-state index contributed by atoms with van der Waals surface area (Å²) in [4.78, 5) is 0. The summed E-state index contributed by atoms with van der Waals surface area (Å²) in [6, 6.07) is 5.18. The molecular weight excluding hydrogens is 285 g/mol. The first-order valence-corrected chi connectivity index (χ1v) is 7.04. The molecule has 2 aromatic rings. The lowest BCUT2D eigenvalue weighted by atomic mass is 9.97. The van der Waals surface area contributed by atoms with E-state index in [0.717, 1.165) is 24.3 Å². The molecule has 1 aliphatic carbocycles. The Morgan fingerprint density at radius 2 is 2.05 bits per heavy atom. The second-order valence-corrected chi connectivity index (χ2v) is 5.45. The standard InChI is InChI=1S/C14H13Cl2NO2/c15-9-5-6-14(11(16)7-9)18-8-12-10-3-1-2-4-13(10)19-17-12/h5-7H,1-4,8H2. The highest BCUT2D eigenvalue weighted by atomic mass is 35.5. The molecule has 0 unspecified atom stereocenters. The maximum Gasteiger partial charge on any atom is 0.140 e. The maximum absolute atomic E-state index is 6.06. The minimum absolute atomic E-state index is 0.375. The molecule has 0 saturated carbocycles. The Balaban J connectivity index is 1.74. The molecule has 0 aliphatic heterocycles. The molecule has 19 heavy (non-hydrogen) atoms. The van der Waals surface area contributed by atoms with Crippen LogP contribution in [0.25, 0.3) is 0 Å². The molecule has 1 aromatic heterocycles. The van der Waals surface area contributed by atoms with Crippen molar-refractivity contribution in [3.8, 4) is 5.75 Å². The third-order valence-corrected chi connectivity index (χ3v) is 3.82. The van der Waals surface area contributed by atoms with Crippen molar-refractivity contribution >= 4 is 23.2 Å². The summed E-state index contributed by atoms with van der Waals surface area (Å²) >= 11 is 11.9. The van der Waals surface area contributed by atoms with Crippen molar-refractivity contribution < 1.29 is 9.26 Å². The molecule has 1 aromatic carbocycles. The Hall–Kier alpha value is -1.19. The van der Waals surface area contributed by atoms with Gasteiger partial charge >= 0.3 is 0 Å². The Morgan fingerprint density at radius 3 is 2.89 bits per heavy atom. The summed E-state index contributed by atoms with van der Waals surface area (Å²) in [6.07, 6.45) is 4.35. The van der Waals surface area contributed by atoms with Crippen molar-refractivity contribution in [1.82, 2.24) is 5.16 Å². The van der Waals surface area contributed by atoms with Crippen LogP contribution in [0, 0.1) is 0 Å². The first kappa shape index (κ1) is 12.8. The molecule has 100 valence electrons. The number of aryl methyl sites for hydroxylation is 1. The summed E-state index contributed by atoms with van der Waals surface area (Å²) in [6.45, 7) is 0.375. The zero-order valence-corrected chi connectivity index (χ0v) is 11.8. The lowest BCUT2D eigenvalue weighted by Gasteiger charge is -2.10. The van der Waals surface area contributed by atoms with Gasteiger partial charge in [-0.25, -0.2) is 0 Å². The van der Waals surface area contributed by atoms with Crippen molar-refractivity contribution in [3.05, 3.63) is 45.3 Å². The molecule has 5 heteroatoms. The number of fused-ring (bicyclic) bond motifs is 1. The Labute approximate surface area is 121 Å². The average Bonchev–Trinajstić information content (AvgIpc) is 2.81. The number of benzene rings is 1. The van der Waals surface area contributed by atoms with E-state index in [4.69, 9.17) is 32.5 Å². The first-order chi connectivity index (χ1) is 9.24. The van der Waals surface area contributed by atoms with Crippen LogP contribution in [0.2, 0.25) is 10.0 Å². The van der Waals surface area contributed by atoms with Gasteiger partial charge in [0, 0.05) is 17.0 Å². The van der Waals surface area contributed by atoms with Gasteiger partial charge in [0.25, 0.3) is 0 Å². The molecule has 0 atom stereocenters. The minimum Gasteiger partial charge on any atom is -0.486 e. The minimum atomic E-state index is 0.375. The van der Waals surface area contributed by atoms with Crippen molar-refractivity contribution in [2.24, 2.45) is 0 Å². The number of hydrogen-bond acceptors (Lipinski definition) is 3. The van der Waals surface area contributed by atoms with Gasteiger partial charge in [-0.3, -0.25) is 0 Å². The quantitative estimate of drug-likeness (QED) is 0.840. The summed E-state index contributed by atoms with van der Waals surface area (Å²) in [5.74, 6) is 1.62. The zero-order valence-electron chi connectivity index (χ0n) is 10.3. The van der Waals surface area contributed by atoms with E-state index in [1.807, 2.05) is 0 Å². The monoisotopic (exact) mass is 297 g/mol. The van der Waals surface area contributed by atoms with Crippen LogP contribution in [-0.4, -0.2) is 5.16 Å². The van der Waals surface area contributed by atoms with Crippen molar-refractivity contribution in [2.45, 2.75) is 32.3 Å². The van der Waals surface area contributed by atoms with E-state index >= 15 is 0 Å². The van der Waals surface area contributed by atoms with E-state index in [2.05, 4.69) is 5.16 Å². The molecule has 0 saturated heterocycles. The largest absolute Gasteiger partial charge is 0.486 e. The van der Waals surface area contributed by atoms with Gasteiger partial charge in [0.15, 0.2) is 0 Å². The van der Waals surface area contributed by atoms with Crippen LogP contribution in [0.1, 0.15) is 29.9 Å². The molecule has 1 aliphatic rings. The second kappa shape index (κ2) is 5.43. The fourth-order valence-electron chi connectivity index (χ4n) is 2.30. The second-order valence-electron chi connectivity index (χ2n) is 4.60. The molecular formula is C14H13Cl2NO2. The summed E-state index contributed by atoms with van der Waals surface area (Å²) in [5, 5.41) is 5.19. The highest BCUT2D eigenvalue weighted by molar-refractivity contribution is 6.35. The number of nitrogens with zero attached hydrogens (tertiary/aromatic N) is 1. The Morgan fingerprint density at radius 1 is 1.21 bits per heavy atom. The topological polar surface area (TPSA) is 35.3 Å². The predicted molar refractivity (Wildman–Crippen MR) is 73.9 cm³/mol. The predicted octanol–water partition coefficient (Wildman–Crippen LogP) is 4.44. The molecule has 0 spiro atoms. The average molecular weight is 298 g/mol. The number of rotatable bonds is 3.